The van der Waals surface area contributed by atoms with Crippen LogP contribution in [0.15, 0.2) is 60.9 Å². The van der Waals surface area contributed by atoms with Gasteiger partial charge in [-0.05, 0) is 98.6 Å². The van der Waals surface area contributed by atoms with Crippen molar-refractivity contribution < 1.29 is 38.9 Å². The van der Waals surface area contributed by atoms with Crippen LogP contribution >= 0.6 is 0 Å². The number of aromatic amines is 2. The third kappa shape index (κ3) is 9.17. The molecule has 4 aromatic rings. The average Bonchev–Trinajstić information content (AvgIpc) is 4.12. The molecule has 4 atom stereocenters. The number of hydrogen-bond acceptors (Lipinski definition) is 8. The van der Waals surface area contributed by atoms with E-state index in [-0.39, 0.29) is 35.7 Å². The van der Waals surface area contributed by atoms with Gasteiger partial charge in [-0.1, -0.05) is 36.1 Å². The quantitative estimate of drug-likeness (QED) is 0.113. The van der Waals surface area contributed by atoms with Gasteiger partial charge in [-0.25, -0.2) is 19.6 Å². The Morgan fingerprint density at radius 3 is 1.37 bits per heavy atom. The van der Waals surface area contributed by atoms with E-state index in [1.54, 1.807) is 22.2 Å². The molecule has 0 unspecified atom stereocenters. The summed E-state index contributed by atoms with van der Waals surface area (Å²) >= 11 is 0. The van der Waals surface area contributed by atoms with Crippen LogP contribution in [0.25, 0.3) is 22.5 Å². The molecule has 4 fully saturated rings. The van der Waals surface area contributed by atoms with Crippen molar-refractivity contribution in [3.63, 3.8) is 0 Å². The van der Waals surface area contributed by atoms with E-state index in [0.29, 0.717) is 76.8 Å². The molecule has 2 aromatic heterocycles. The van der Waals surface area contributed by atoms with Crippen LogP contribution in [-0.2, 0) is 19.1 Å². The minimum atomic E-state index is -1.21. The molecule has 6 N–H and O–H groups in total. The Hall–Kier alpha value is -6.18. The molecule has 16 heteroatoms. The molecule has 6 heterocycles. The lowest BCUT2D eigenvalue weighted by molar-refractivity contribution is -0.137. The number of carbonyl (C=O) groups is 4. The fraction of sp³-hybridized carbons (Fsp3) is 0.455. The van der Waals surface area contributed by atoms with Crippen LogP contribution in [0.1, 0.15) is 86.2 Å². The number of imidazole rings is 2. The van der Waals surface area contributed by atoms with E-state index in [1.165, 1.54) is 0 Å². The van der Waals surface area contributed by atoms with Crippen LogP contribution in [0, 0.1) is 23.7 Å². The summed E-state index contributed by atoms with van der Waals surface area (Å²) in [6.07, 6.45) is 6.70. The van der Waals surface area contributed by atoms with Gasteiger partial charge in [0, 0.05) is 50.6 Å². The third-order valence-corrected chi connectivity index (χ3v) is 12.2. The van der Waals surface area contributed by atoms with Gasteiger partial charge in [0.05, 0.1) is 35.9 Å². The second-order valence-corrected chi connectivity index (χ2v) is 15.9. The highest BCUT2D eigenvalue weighted by atomic mass is 16.5. The lowest BCUT2D eigenvalue weighted by Gasteiger charge is -2.33. The Balaban J connectivity index is 0.888. The number of carboxylic acid groups (broad SMARTS) is 2. The Bertz CT molecular complexity index is 2060. The average molecular weight is 819 g/mol. The molecular formula is C44H50N8O8. The van der Waals surface area contributed by atoms with Gasteiger partial charge in [0.15, 0.2) is 0 Å². The maximum atomic E-state index is 13.8. The van der Waals surface area contributed by atoms with Crippen molar-refractivity contribution in [2.24, 2.45) is 11.8 Å². The van der Waals surface area contributed by atoms with Gasteiger partial charge in [0.2, 0.25) is 11.8 Å². The van der Waals surface area contributed by atoms with Gasteiger partial charge >= 0.3 is 12.2 Å². The largest absolute Gasteiger partial charge is 0.465 e. The zero-order valence-electron chi connectivity index (χ0n) is 33.3. The lowest BCUT2D eigenvalue weighted by Crippen LogP contribution is -2.52. The Kier molecular flexibility index (Phi) is 12.4. The summed E-state index contributed by atoms with van der Waals surface area (Å²) in [5, 5.41) is 24.0. The van der Waals surface area contributed by atoms with E-state index in [1.807, 2.05) is 48.5 Å². The lowest BCUT2D eigenvalue weighted by atomic mass is 9.90. The molecule has 0 bridgehead atoms. The molecule has 4 saturated heterocycles. The smallest absolute Gasteiger partial charge is 0.405 e. The molecule has 60 heavy (non-hydrogen) atoms. The number of rotatable bonds is 10. The number of aromatic nitrogens is 4. The molecule has 8 rings (SSSR count). The molecule has 314 valence electrons. The molecule has 0 spiro atoms. The van der Waals surface area contributed by atoms with Crippen molar-refractivity contribution in [3.05, 3.63) is 83.7 Å². The second-order valence-electron chi connectivity index (χ2n) is 15.9. The van der Waals surface area contributed by atoms with Crippen LogP contribution < -0.4 is 10.6 Å². The van der Waals surface area contributed by atoms with Crippen molar-refractivity contribution in [3.8, 4) is 34.4 Å². The van der Waals surface area contributed by atoms with Gasteiger partial charge in [0.25, 0.3) is 0 Å². The van der Waals surface area contributed by atoms with E-state index < -0.39 is 24.3 Å². The highest BCUT2D eigenvalue weighted by molar-refractivity contribution is 5.87. The first-order valence-electron chi connectivity index (χ1n) is 20.8. The fourth-order valence-corrected chi connectivity index (χ4v) is 9.03. The van der Waals surface area contributed by atoms with E-state index in [0.717, 1.165) is 59.3 Å². The minimum Gasteiger partial charge on any atom is -0.465 e. The summed E-state index contributed by atoms with van der Waals surface area (Å²) in [6, 6.07) is 13.5. The van der Waals surface area contributed by atoms with Crippen molar-refractivity contribution in [1.82, 2.24) is 40.4 Å². The Morgan fingerprint density at radius 1 is 0.617 bits per heavy atom. The number of H-pyrrole nitrogens is 2. The Labute approximate surface area is 347 Å². The summed E-state index contributed by atoms with van der Waals surface area (Å²) in [7, 11) is 0. The van der Waals surface area contributed by atoms with Crippen LogP contribution in [-0.4, -0.2) is 116 Å². The van der Waals surface area contributed by atoms with Crippen molar-refractivity contribution in [1.29, 1.82) is 0 Å². The normalized spacial score (nSPS) is 20.9. The molecule has 4 aliphatic heterocycles. The topological polar surface area (TPSA) is 215 Å². The fourth-order valence-electron chi connectivity index (χ4n) is 9.03. The zero-order valence-corrected chi connectivity index (χ0v) is 33.3. The van der Waals surface area contributed by atoms with Crippen LogP contribution in [0.4, 0.5) is 9.59 Å². The van der Waals surface area contributed by atoms with Crippen LogP contribution in [0.5, 0.6) is 0 Å². The maximum absolute atomic E-state index is 13.8. The van der Waals surface area contributed by atoms with Gasteiger partial charge < -0.3 is 50.1 Å². The predicted octanol–water partition coefficient (Wildman–Crippen LogP) is 5.32. The molecule has 4 aliphatic rings. The second kappa shape index (κ2) is 18.4. The number of benzene rings is 2. The minimum absolute atomic E-state index is 0.114. The first kappa shape index (κ1) is 40.6. The summed E-state index contributed by atoms with van der Waals surface area (Å²) in [5.74, 6) is 7.17. The SMILES string of the molecule is O=C(O)N[C@H](C(=O)N1CCC[C@H]1c1ncc(-c2ccc(C#Cc3ccc(-c4cnc([C@@H]5CCCN5C(=O)[C@@H](NC(=O)O)C5CCOCC5)[nH]4)cc3)cc2)[nH]1)C1CCOCC1. The number of amides is 4. The molecular weight excluding hydrogens is 769 g/mol. The number of nitrogens with one attached hydrogen (secondary N) is 4. The first-order valence-corrected chi connectivity index (χ1v) is 20.8. The number of likely N-dealkylation sites (tertiary alicyclic amines) is 2. The summed E-state index contributed by atoms with van der Waals surface area (Å²) in [5.41, 5.74) is 5.15. The molecule has 2 aromatic carbocycles. The highest BCUT2D eigenvalue weighted by Gasteiger charge is 2.41. The summed E-state index contributed by atoms with van der Waals surface area (Å²) in [6.45, 7) is 3.12. The van der Waals surface area contributed by atoms with Crippen molar-refractivity contribution in [2.75, 3.05) is 39.5 Å². The number of hydrogen-bond donors (Lipinski definition) is 6. The van der Waals surface area contributed by atoms with Gasteiger partial charge in [0.1, 0.15) is 23.7 Å². The van der Waals surface area contributed by atoms with Crippen molar-refractivity contribution in [2.45, 2.75) is 75.5 Å². The van der Waals surface area contributed by atoms with Crippen LogP contribution in [0.3, 0.4) is 0 Å². The molecule has 0 radical (unpaired) electrons. The van der Waals surface area contributed by atoms with Crippen LogP contribution in [0.2, 0.25) is 0 Å². The standard InChI is InChI=1S/C44H50N8O8/c53-41(37(49-43(55)56)31-15-21-59-22-16-31)51-19-1-3-35(51)39-45-25-33(47-39)29-11-7-27(8-12-29)5-6-28-9-13-30(14-10-28)34-26-46-40(48-34)36-4-2-20-52(36)42(54)38(50-44(57)58)32-17-23-60-24-18-32/h7-14,25-26,31-32,35-38,49-50H,1-4,15-24H2,(H,45,47)(H,46,48)(H,55,56)(H,57,58)/t35-,36-,37-,38-/m0/s1. The zero-order chi connectivity index (χ0) is 41.6. The van der Waals surface area contributed by atoms with E-state index in [9.17, 15) is 29.4 Å². The Morgan fingerprint density at radius 2 is 1.00 bits per heavy atom. The first-order chi connectivity index (χ1) is 29.2. The van der Waals surface area contributed by atoms with E-state index in [2.05, 4.69) is 42.4 Å². The maximum Gasteiger partial charge on any atom is 0.405 e. The number of nitrogens with zero attached hydrogens (tertiary/aromatic N) is 4. The third-order valence-electron chi connectivity index (χ3n) is 12.2. The van der Waals surface area contributed by atoms with Gasteiger partial charge in [-0.2, -0.15) is 0 Å². The molecule has 4 amide bonds. The van der Waals surface area contributed by atoms with Crippen molar-refractivity contribution >= 4 is 24.0 Å². The number of ether oxygens (including phenoxy) is 2. The number of carbonyl (C=O) groups excluding carboxylic acids is 2. The summed E-state index contributed by atoms with van der Waals surface area (Å²) in [4.78, 5) is 70.4. The highest BCUT2D eigenvalue weighted by Crippen LogP contribution is 2.35. The molecule has 0 saturated carbocycles. The van der Waals surface area contributed by atoms with E-state index in [4.69, 9.17) is 9.47 Å². The van der Waals surface area contributed by atoms with Gasteiger partial charge in [-0.3, -0.25) is 9.59 Å². The molecule has 0 aliphatic carbocycles. The monoisotopic (exact) mass is 818 g/mol. The molecule has 16 nitrogen and oxygen atoms in total. The predicted molar refractivity (Wildman–Crippen MR) is 218 cm³/mol. The van der Waals surface area contributed by atoms with Gasteiger partial charge in [-0.15, -0.1) is 0 Å². The summed E-state index contributed by atoms with van der Waals surface area (Å²) < 4.78 is 10.9. The van der Waals surface area contributed by atoms with E-state index >= 15 is 0 Å².